The van der Waals surface area contributed by atoms with Gasteiger partial charge in [0.2, 0.25) is 0 Å². The number of hydrogen-bond donors (Lipinski definition) is 3. The summed E-state index contributed by atoms with van der Waals surface area (Å²) in [5, 5.41) is 12.0. The van der Waals surface area contributed by atoms with Crippen LogP contribution >= 0.6 is 11.8 Å². The summed E-state index contributed by atoms with van der Waals surface area (Å²) < 4.78 is 0. The minimum absolute atomic E-state index is 0.238. The third-order valence-electron chi connectivity index (χ3n) is 3.25. The Morgan fingerprint density at radius 2 is 2.05 bits per heavy atom. The summed E-state index contributed by atoms with van der Waals surface area (Å²) in [6.07, 6.45) is 3.57. The van der Waals surface area contributed by atoms with Crippen molar-refractivity contribution < 1.29 is 19.5 Å². The van der Waals surface area contributed by atoms with Gasteiger partial charge in [-0.3, -0.25) is 9.59 Å². The summed E-state index contributed by atoms with van der Waals surface area (Å²) in [5.74, 6) is -2.21. The van der Waals surface area contributed by atoms with E-state index in [4.69, 9.17) is 5.11 Å². The summed E-state index contributed by atoms with van der Waals surface area (Å²) in [6, 6.07) is 6.05. The van der Waals surface area contributed by atoms with Crippen LogP contribution in [0.3, 0.4) is 0 Å². The molecule has 6 nitrogen and oxygen atoms in total. The van der Waals surface area contributed by atoms with Gasteiger partial charge in [0.1, 0.15) is 6.04 Å². The van der Waals surface area contributed by atoms with Gasteiger partial charge in [-0.2, -0.15) is 11.8 Å². The van der Waals surface area contributed by atoms with Crippen LogP contribution in [0.2, 0.25) is 0 Å². The zero-order chi connectivity index (χ0) is 16.1. The fourth-order valence-electron chi connectivity index (χ4n) is 2.10. The van der Waals surface area contributed by atoms with E-state index in [1.54, 1.807) is 18.2 Å². The SMILES string of the molecule is CSCCC(NC(=O)C(=O)c1c[nH]c2ccccc12)C(=O)O. The Balaban J connectivity index is 2.14. The van der Waals surface area contributed by atoms with E-state index in [2.05, 4.69) is 10.3 Å². The molecular weight excluding hydrogens is 304 g/mol. The van der Waals surface area contributed by atoms with Crippen LogP contribution in [0.5, 0.6) is 0 Å². The van der Waals surface area contributed by atoms with Gasteiger partial charge in [0.15, 0.2) is 0 Å². The Kier molecular flexibility index (Phi) is 5.21. The van der Waals surface area contributed by atoms with Gasteiger partial charge < -0.3 is 15.4 Å². The molecule has 0 radical (unpaired) electrons. The first-order valence-electron chi connectivity index (χ1n) is 6.67. The lowest BCUT2D eigenvalue weighted by Crippen LogP contribution is -2.44. The van der Waals surface area contributed by atoms with Gasteiger partial charge >= 0.3 is 5.97 Å². The first-order chi connectivity index (χ1) is 10.5. The first-order valence-corrected chi connectivity index (χ1v) is 8.07. The minimum Gasteiger partial charge on any atom is -0.480 e. The standard InChI is InChI=1S/C15H16N2O4S/c1-22-7-6-12(15(20)21)17-14(19)13(18)10-8-16-11-5-3-2-4-9(10)11/h2-5,8,12,16H,6-7H2,1H3,(H,17,19)(H,20,21). The summed E-state index contributed by atoms with van der Waals surface area (Å²) in [5.41, 5.74) is 0.984. The maximum absolute atomic E-state index is 12.2. The molecule has 3 N–H and O–H groups in total. The molecule has 2 aromatic rings. The first kappa shape index (κ1) is 16.1. The van der Waals surface area contributed by atoms with Crippen molar-refractivity contribution in [2.45, 2.75) is 12.5 Å². The van der Waals surface area contributed by atoms with Crippen molar-refractivity contribution in [2.24, 2.45) is 0 Å². The number of amides is 1. The summed E-state index contributed by atoms with van der Waals surface area (Å²) in [7, 11) is 0. The summed E-state index contributed by atoms with van der Waals surface area (Å²) >= 11 is 1.48. The molecule has 0 saturated carbocycles. The summed E-state index contributed by atoms with van der Waals surface area (Å²) in [4.78, 5) is 38.3. The van der Waals surface area contributed by atoms with Crippen LogP contribution in [0.1, 0.15) is 16.8 Å². The Labute approximate surface area is 131 Å². The highest BCUT2D eigenvalue weighted by molar-refractivity contribution is 7.98. The smallest absolute Gasteiger partial charge is 0.326 e. The van der Waals surface area contributed by atoms with Gasteiger partial charge in [0.05, 0.1) is 5.56 Å². The number of para-hydroxylation sites is 1. The van der Waals surface area contributed by atoms with Crippen molar-refractivity contribution in [1.82, 2.24) is 10.3 Å². The second kappa shape index (κ2) is 7.13. The van der Waals surface area contributed by atoms with Gasteiger partial charge in [0.25, 0.3) is 11.7 Å². The third kappa shape index (κ3) is 3.48. The lowest BCUT2D eigenvalue weighted by Gasteiger charge is -2.13. The molecule has 7 heteroatoms. The van der Waals surface area contributed by atoms with Crippen molar-refractivity contribution in [3.05, 3.63) is 36.0 Å². The van der Waals surface area contributed by atoms with E-state index in [1.807, 2.05) is 12.3 Å². The maximum Gasteiger partial charge on any atom is 0.326 e. The number of benzene rings is 1. The lowest BCUT2D eigenvalue weighted by atomic mass is 10.1. The molecule has 1 heterocycles. The Hall–Kier alpha value is -2.28. The highest BCUT2D eigenvalue weighted by Gasteiger charge is 2.25. The molecular formula is C15H16N2O4S. The van der Waals surface area contributed by atoms with Gasteiger partial charge in [0, 0.05) is 17.1 Å². The molecule has 0 bridgehead atoms. The minimum atomic E-state index is -1.14. The van der Waals surface area contributed by atoms with Gasteiger partial charge in [-0.15, -0.1) is 0 Å². The van der Waals surface area contributed by atoms with Crippen LogP contribution in [0, 0.1) is 0 Å². The van der Waals surface area contributed by atoms with Crippen molar-refractivity contribution >= 4 is 40.3 Å². The van der Waals surface area contributed by atoms with E-state index < -0.39 is 23.7 Å². The molecule has 0 fully saturated rings. The number of rotatable bonds is 7. The normalized spacial score (nSPS) is 12.0. The Morgan fingerprint density at radius 1 is 1.32 bits per heavy atom. The number of carbonyl (C=O) groups is 3. The summed E-state index contributed by atoms with van der Waals surface area (Å²) in [6.45, 7) is 0. The number of carboxylic acids is 1. The van der Waals surface area contributed by atoms with E-state index >= 15 is 0 Å². The van der Waals surface area contributed by atoms with E-state index in [1.165, 1.54) is 18.0 Å². The predicted octanol–water partition coefficient (Wildman–Crippen LogP) is 1.67. The topological polar surface area (TPSA) is 99.3 Å². The van der Waals surface area contributed by atoms with Crippen molar-refractivity contribution in [2.75, 3.05) is 12.0 Å². The number of H-pyrrole nitrogens is 1. The average molecular weight is 320 g/mol. The van der Waals surface area contributed by atoms with Crippen molar-refractivity contribution in [3.63, 3.8) is 0 Å². The van der Waals surface area contributed by atoms with Crippen LogP contribution in [0.15, 0.2) is 30.5 Å². The van der Waals surface area contributed by atoms with Crippen LogP contribution in [0.4, 0.5) is 0 Å². The third-order valence-corrected chi connectivity index (χ3v) is 3.90. The highest BCUT2D eigenvalue weighted by atomic mass is 32.2. The molecule has 0 aliphatic rings. The number of aromatic nitrogens is 1. The number of aliphatic carboxylic acids is 1. The van der Waals surface area contributed by atoms with Gasteiger partial charge in [-0.05, 0) is 24.5 Å². The van der Waals surface area contributed by atoms with Crippen LogP contribution in [-0.4, -0.2) is 45.8 Å². The molecule has 1 aromatic heterocycles. The quantitative estimate of drug-likeness (QED) is 0.532. The van der Waals surface area contributed by atoms with Crippen LogP contribution < -0.4 is 5.32 Å². The number of thioether (sulfide) groups is 1. The number of nitrogens with one attached hydrogen (secondary N) is 2. The number of ketones is 1. The number of hydrogen-bond acceptors (Lipinski definition) is 4. The zero-order valence-electron chi connectivity index (χ0n) is 12.0. The molecule has 0 aliphatic carbocycles. The zero-order valence-corrected chi connectivity index (χ0v) is 12.8. The molecule has 0 aliphatic heterocycles. The predicted molar refractivity (Wildman–Crippen MR) is 85.2 cm³/mol. The van der Waals surface area contributed by atoms with Gasteiger partial charge in [-0.25, -0.2) is 4.79 Å². The van der Waals surface area contributed by atoms with Crippen LogP contribution in [0.25, 0.3) is 10.9 Å². The van der Waals surface area contributed by atoms with Gasteiger partial charge in [-0.1, -0.05) is 18.2 Å². The number of aromatic amines is 1. The monoisotopic (exact) mass is 320 g/mol. The number of fused-ring (bicyclic) bond motifs is 1. The molecule has 0 saturated heterocycles. The second-order valence-corrected chi connectivity index (χ2v) is 5.71. The van der Waals surface area contributed by atoms with E-state index in [0.717, 1.165) is 5.52 Å². The number of carbonyl (C=O) groups excluding carboxylic acids is 2. The Bertz CT molecular complexity index is 710. The van der Waals surface area contributed by atoms with E-state index in [-0.39, 0.29) is 12.0 Å². The average Bonchev–Trinajstić information content (AvgIpc) is 2.94. The number of Topliss-reactive ketones (excluding diaryl/α,β-unsaturated/α-hetero) is 1. The fraction of sp³-hybridized carbons (Fsp3) is 0.267. The highest BCUT2D eigenvalue weighted by Crippen LogP contribution is 2.18. The maximum atomic E-state index is 12.2. The second-order valence-electron chi connectivity index (χ2n) is 4.72. The molecule has 1 amide bonds. The number of carboxylic acid groups (broad SMARTS) is 1. The molecule has 1 unspecified atom stereocenters. The molecule has 1 aromatic carbocycles. The van der Waals surface area contributed by atoms with Crippen LogP contribution in [-0.2, 0) is 9.59 Å². The fourth-order valence-corrected chi connectivity index (χ4v) is 2.57. The molecule has 116 valence electrons. The lowest BCUT2D eigenvalue weighted by molar-refractivity contribution is -0.141. The molecule has 1 atom stereocenters. The van der Waals surface area contributed by atoms with Crippen molar-refractivity contribution in [1.29, 1.82) is 0 Å². The molecule has 2 rings (SSSR count). The largest absolute Gasteiger partial charge is 0.480 e. The molecule has 22 heavy (non-hydrogen) atoms. The van der Waals surface area contributed by atoms with E-state index in [0.29, 0.717) is 11.1 Å². The van der Waals surface area contributed by atoms with Crippen molar-refractivity contribution in [3.8, 4) is 0 Å². The van der Waals surface area contributed by atoms with E-state index in [9.17, 15) is 14.4 Å². The Morgan fingerprint density at radius 3 is 2.73 bits per heavy atom. The molecule has 0 spiro atoms.